The largest absolute Gasteiger partial charge is 0.451 e. The molecule has 1 fully saturated rings. The Labute approximate surface area is 163 Å². The van der Waals surface area contributed by atoms with E-state index in [2.05, 4.69) is 31.5 Å². The van der Waals surface area contributed by atoms with Gasteiger partial charge in [0.15, 0.2) is 5.76 Å². The summed E-state index contributed by atoms with van der Waals surface area (Å²) in [6, 6.07) is 5.67. The Morgan fingerprint density at radius 3 is 2.63 bits per heavy atom. The molecule has 10 heteroatoms. The van der Waals surface area contributed by atoms with Crippen molar-refractivity contribution < 1.29 is 14.0 Å². The van der Waals surface area contributed by atoms with Gasteiger partial charge in [-0.2, -0.15) is 0 Å². The van der Waals surface area contributed by atoms with Gasteiger partial charge in [0.05, 0.1) is 0 Å². The summed E-state index contributed by atoms with van der Waals surface area (Å²) in [6.45, 7) is 3.84. The molecule has 2 amide bonds. The molecule has 27 heavy (non-hydrogen) atoms. The molecule has 0 unspecified atom stereocenters. The van der Waals surface area contributed by atoms with Crippen LogP contribution in [0.4, 0.5) is 0 Å². The molecule has 9 nitrogen and oxygen atoms in total. The van der Waals surface area contributed by atoms with Gasteiger partial charge in [0.25, 0.3) is 5.91 Å². The van der Waals surface area contributed by atoms with E-state index in [0.717, 1.165) is 15.4 Å². The fourth-order valence-corrected chi connectivity index (χ4v) is 3.55. The highest BCUT2D eigenvalue weighted by Gasteiger charge is 2.28. The first kappa shape index (κ1) is 17.7. The predicted octanol–water partition coefficient (Wildman–Crippen LogP) is 1.47. The first-order valence-electron chi connectivity index (χ1n) is 8.49. The fourth-order valence-electron chi connectivity index (χ4n) is 3.19. The van der Waals surface area contributed by atoms with E-state index < -0.39 is 0 Å². The smallest absolute Gasteiger partial charge is 0.290 e. The summed E-state index contributed by atoms with van der Waals surface area (Å²) in [4.78, 5) is 28.6. The maximum Gasteiger partial charge on any atom is 0.290 e. The van der Waals surface area contributed by atoms with E-state index in [9.17, 15) is 9.59 Å². The van der Waals surface area contributed by atoms with E-state index in [1.165, 1.54) is 11.0 Å². The molecule has 140 valence electrons. The zero-order valence-corrected chi connectivity index (χ0v) is 16.2. The lowest BCUT2D eigenvalue weighted by molar-refractivity contribution is -0.133. The second kappa shape index (κ2) is 7.10. The molecule has 0 bridgehead atoms. The Hall–Kier alpha value is -2.75. The van der Waals surface area contributed by atoms with Crippen molar-refractivity contribution in [1.29, 1.82) is 0 Å². The molecule has 0 spiro atoms. The summed E-state index contributed by atoms with van der Waals surface area (Å²) < 4.78 is 8.12. The molecule has 1 saturated heterocycles. The molecule has 3 aromatic rings. The van der Waals surface area contributed by atoms with Gasteiger partial charge in [-0.05, 0) is 35.5 Å². The molecule has 0 atom stereocenters. The number of benzene rings is 1. The maximum atomic E-state index is 12.9. The number of piperazine rings is 1. The van der Waals surface area contributed by atoms with Gasteiger partial charge in [0.2, 0.25) is 5.91 Å². The lowest BCUT2D eigenvalue weighted by atomic mass is 10.1. The number of hydrogen-bond donors (Lipinski definition) is 0. The van der Waals surface area contributed by atoms with E-state index in [1.807, 2.05) is 25.1 Å². The molecule has 1 aliphatic rings. The van der Waals surface area contributed by atoms with Gasteiger partial charge in [0.1, 0.15) is 18.5 Å². The molecule has 0 saturated carbocycles. The Morgan fingerprint density at radius 2 is 1.93 bits per heavy atom. The second-order valence-electron chi connectivity index (χ2n) is 6.38. The summed E-state index contributed by atoms with van der Waals surface area (Å²) in [7, 11) is 0. The Bertz CT molecular complexity index is 992. The summed E-state index contributed by atoms with van der Waals surface area (Å²) in [5.74, 6) is 0.142. The van der Waals surface area contributed by atoms with Gasteiger partial charge in [-0.1, -0.05) is 15.9 Å². The highest BCUT2D eigenvalue weighted by Crippen LogP contribution is 2.29. The van der Waals surface area contributed by atoms with Crippen molar-refractivity contribution in [3.05, 3.63) is 40.3 Å². The average Bonchev–Trinajstić information content (AvgIpc) is 3.29. The van der Waals surface area contributed by atoms with Crippen molar-refractivity contribution in [2.75, 3.05) is 26.2 Å². The number of furan rings is 1. The molecule has 0 aliphatic carbocycles. The number of carbonyl (C=O) groups excluding carboxylic acids is 2. The van der Waals surface area contributed by atoms with E-state index in [-0.39, 0.29) is 18.4 Å². The first-order chi connectivity index (χ1) is 13.0. The molecule has 2 aromatic heterocycles. The number of hydrogen-bond acceptors (Lipinski definition) is 6. The number of fused-ring (bicyclic) bond motifs is 1. The zero-order chi connectivity index (χ0) is 19.0. The van der Waals surface area contributed by atoms with Gasteiger partial charge in [-0.15, -0.1) is 5.10 Å². The Morgan fingerprint density at radius 1 is 1.19 bits per heavy atom. The lowest BCUT2D eigenvalue weighted by Crippen LogP contribution is -2.51. The SMILES string of the molecule is Cc1c(C(=O)N2CCN(C(=O)Cn3cnnn3)CC2)oc2ccc(Br)cc12. The standard InChI is InChI=1S/C17H17BrN6O3/c1-11-13-8-12(18)2-3-14(13)27-16(11)17(26)23-6-4-22(5-7-23)15(25)9-24-10-19-20-21-24/h2-3,8,10H,4-7,9H2,1H3. The quantitative estimate of drug-likeness (QED) is 0.621. The summed E-state index contributed by atoms with van der Waals surface area (Å²) >= 11 is 3.44. The number of amides is 2. The van der Waals surface area contributed by atoms with Crippen molar-refractivity contribution in [1.82, 2.24) is 30.0 Å². The Kier molecular flexibility index (Phi) is 4.65. The topological polar surface area (TPSA) is 97.4 Å². The number of tetrazole rings is 1. The molecular formula is C17H17BrN6O3. The van der Waals surface area contributed by atoms with E-state index >= 15 is 0 Å². The number of nitrogens with zero attached hydrogens (tertiary/aromatic N) is 6. The van der Waals surface area contributed by atoms with Crippen LogP contribution < -0.4 is 0 Å². The Balaban J connectivity index is 1.43. The van der Waals surface area contributed by atoms with Crippen LogP contribution in [0.25, 0.3) is 11.0 Å². The molecule has 0 radical (unpaired) electrons. The summed E-state index contributed by atoms with van der Waals surface area (Å²) in [5.41, 5.74) is 1.52. The molecule has 1 aliphatic heterocycles. The highest BCUT2D eigenvalue weighted by molar-refractivity contribution is 9.10. The van der Waals surface area contributed by atoms with Crippen molar-refractivity contribution in [3.8, 4) is 0 Å². The number of carbonyl (C=O) groups is 2. The van der Waals surface area contributed by atoms with Crippen LogP contribution in [0.2, 0.25) is 0 Å². The minimum atomic E-state index is -0.146. The van der Waals surface area contributed by atoms with Crippen molar-refractivity contribution in [3.63, 3.8) is 0 Å². The van der Waals surface area contributed by atoms with Crippen LogP contribution in [0.3, 0.4) is 0 Å². The fraction of sp³-hybridized carbons (Fsp3) is 0.353. The second-order valence-corrected chi connectivity index (χ2v) is 7.29. The van der Waals surface area contributed by atoms with Gasteiger partial charge in [-0.25, -0.2) is 4.68 Å². The van der Waals surface area contributed by atoms with Crippen LogP contribution in [0.1, 0.15) is 16.1 Å². The third-order valence-electron chi connectivity index (χ3n) is 4.70. The normalized spacial score (nSPS) is 14.7. The van der Waals surface area contributed by atoms with Gasteiger partial charge in [-0.3, -0.25) is 9.59 Å². The third-order valence-corrected chi connectivity index (χ3v) is 5.19. The lowest BCUT2D eigenvalue weighted by Gasteiger charge is -2.34. The number of halogens is 1. The number of rotatable bonds is 3. The van der Waals surface area contributed by atoms with Crippen LogP contribution in [-0.2, 0) is 11.3 Å². The van der Waals surface area contributed by atoms with Crippen LogP contribution in [0, 0.1) is 6.92 Å². The van der Waals surface area contributed by atoms with E-state index in [0.29, 0.717) is 37.5 Å². The summed E-state index contributed by atoms with van der Waals surface area (Å²) in [6.07, 6.45) is 1.40. The van der Waals surface area contributed by atoms with Crippen LogP contribution in [-0.4, -0.2) is 68.0 Å². The third kappa shape index (κ3) is 3.44. The van der Waals surface area contributed by atoms with Crippen LogP contribution in [0.5, 0.6) is 0 Å². The average molecular weight is 433 g/mol. The van der Waals surface area contributed by atoms with Gasteiger partial charge in [0, 0.05) is 41.6 Å². The molecule has 0 N–H and O–H groups in total. The number of aryl methyl sites for hydroxylation is 1. The number of aromatic nitrogens is 4. The zero-order valence-electron chi connectivity index (χ0n) is 14.6. The molecule has 3 heterocycles. The van der Waals surface area contributed by atoms with Crippen molar-refractivity contribution in [2.24, 2.45) is 0 Å². The summed E-state index contributed by atoms with van der Waals surface area (Å²) in [5, 5.41) is 11.7. The minimum absolute atomic E-state index is 0.0702. The van der Waals surface area contributed by atoms with E-state index in [1.54, 1.807) is 9.80 Å². The predicted molar refractivity (Wildman–Crippen MR) is 99.0 cm³/mol. The van der Waals surface area contributed by atoms with Gasteiger partial charge >= 0.3 is 0 Å². The van der Waals surface area contributed by atoms with Crippen LogP contribution in [0.15, 0.2) is 33.4 Å². The monoisotopic (exact) mass is 432 g/mol. The molecule has 1 aromatic carbocycles. The van der Waals surface area contributed by atoms with Crippen molar-refractivity contribution in [2.45, 2.75) is 13.5 Å². The molecule has 4 rings (SSSR count). The molecular weight excluding hydrogens is 416 g/mol. The van der Waals surface area contributed by atoms with Crippen molar-refractivity contribution >= 4 is 38.7 Å². The highest BCUT2D eigenvalue weighted by atomic mass is 79.9. The van der Waals surface area contributed by atoms with E-state index in [4.69, 9.17) is 4.42 Å². The minimum Gasteiger partial charge on any atom is -0.451 e. The maximum absolute atomic E-state index is 12.9. The first-order valence-corrected chi connectivity index (χ1v) is 9.28. The van der Waals surface area contributed by atoms with Crippen LogP contribution >= 0.6 is 15.9 Å². The van der Waals surface area contributed by atoms with Gasteiger partial charge < -0.3 is 14.2 Å².